The van der Waals surface area contributed by atoms with Crippen molar-refractivity contribution in [2.45, 2.75) is 13.8 Å². The summed E-state index contributed by atoms with van der Waals surface area (Å²) in [6.45, 7) is 7.32. The minimum absolute atomic E-state index is 0.134. The number of hydrogen-bond acceptors (Lipinski definition) is 5. The van der Waals surface area contributed by atoms with Gasteiger partial charge in [0.25, 0.3) is 5.91 Å². The number of rotatable bonds is 6. The Hall–Kier alpha value is -2.11. The molecule has 0 aliphatic heterocycles. The summed E-state index contributed by atoms with van der Waals surface area (Å²) in [6.07, 6.45) is 1.53. The summed E-state index contributed by atoms with van der Waals surface area (Å²) in [6, 6.07) is 1.52. The fraction of sp³-hybridized carbons (Fsp3) is 0.417. The second kappa shape index (κ2) is 6.58. The van der Waals surface area contributed by atoms with Crippen molar-refractivity contribution >= 4 is 11.9 Å². The topological polar surface area (TPSA) is 72.6 Å². The molecule has 0 saturated carbocycles. The molecular formula is C12H16N2O4. The number of esters is 1. The Balaban J connectivity index is 2.74. The number of amides is 1. The lowest BCUT2D eigenvalue weighted by molar-refractivity contribution is -0.143. The molecule has 1 rings (SSSR count). The molecule has 0 atom stereocenters. The van der Waals surface area contributed by atoms with Gasteiger partial charge in [0, 0.05) is 12.6 Å². The van der Waals surface area contributed by atoms with Crippen molar-refractivity contribution in [1.29, 1.82) is 0 Å². The molecule has 0 unspecified atom stereocenters. The Morgan fingerprint density at radius 2 is 2.33 bits per heavy atom. The van der Waals surface area contributed by atoms with E-state index in [0.29, 0.717) is 5.76 Å². The molecule has 0 aliphatic carbocycles. The molecule has 0 bridgehead atoms. The van der Waals surface area contributed by atoms with E-state index in [1.54, 1.807) is 13.8 Å². The van der Waals surface area contributed by atoms with Gasteiger partial charge in [0.15, 0.2) is 5.69 Å². The van der Waals surface area contributed by atoms with Gasteiger partial charge < -0.3 is 14.2 Å². The highest BCUT2D eigenvalue weighted by atomic mass is 16.5. The van der Waals surface area contributed by atoms with E-state index >= 15 is 0 Å². The first-order chi connectivity index (χ1) is 8.58. The van der Waals surface area contributed by atoms with Crippen LogP contribution in [0.3, 0.4) is 0 Å². The van der Waals surface area contributed by atoms with Crippen molar-refractivity contribution in [3.8, 4) is 0 Å². The molecule has 6 nitrogen and oxygen atoms in total. The molecule has 0 fully saturated rings. The van der Waals surface area contributed by atoms with Gasteiger partial charge in [-0.25, -0.2) is 0 Å². The molecule has 0 radical (unpaired) electrons. The molecule has 1 amide bonds. The van der Waals surface area contributed by atoms with Crippen LogP contribution < -0.4 is 0 Å². The molecule has 1 aromatic heterocycles. The van der Waals surface area contributed by atoms with Crippen LogP contribution in [0.4, 0.5) is 0 Å². The third-order valence-corrected chi connectivity index (χ3v) is 2.11. The molecule has 0 saturated heterocycles. The maximum Gasteiger partial charge on any atom is 0.325 e. The largest absolute Gasteiger partial charge is 0.465 e. The van der Waals surface area contributed by atoms with E-state index in [2.05, 4.69) is 11.7 Å². The smallest absolute Gasteiger partial charge is 0.325 e. The molecule has 0 aromatic carbocycles. The lowest BCUT2D eigenvalue weighted by Crippen LogP contribution is -2.36. The Morgan fingerprint density at radius 3 is 2.83 bits per heavy atom. The van der Waals surface area contributed by atoms with Crippen LogP contribution in [0.2, 0.25) is 0 Å². The Morgan fingerprint density at radius 1 is 1.61 bits per heavy atom. The maximum absolute atomic E-state index is 12.0. The van der Waals surface area contributed by atoms with Crippen LogP contribution in [0.25, 0.3) is 0 Å². The number of hydrogen-bond donors (Lipinski definition) is 0. The van der Waals surface area contributed by atoms with Crippen molar-refractivity contribution < 1.29 is 18.8 Å². The van der Waals surface area contributed by atoms with Gasteiger partial charge in [-0.15, -0.1) is 6.58 Å². The van der Waals surface area contributed by atoms with E-state index in [9.17, 15) is 9.59 Å². The van der Waals surface area contributed by atoms with Gasteiger partial charge in [-0.05, 0) is 13.8 Å². The number of ether oxygens (including phenoxy) is 1. The van der Waals surface area contributed by atoms with E-state index in [0.717, 1.165) is 0 Å². The fourth-order valence-electron chi connectivity index (χ4n) is 1.37. The van der Waals surface area contributed by atoms with Crippen molar-refractivity contribution in [2.75, 3.05) is 19.7 Å². The lowest BCUT2D eigenvalue weighted by Gasteiger charge is -2.18. The van der Waals surface area contributed by atoms with Crippen LogP contribution in [0.15, 0.2) is 23.2 Å². The third-order valence-electron chi connectivity index (χ3n) is 2.11. The van der Waals surface area contributed by atoms with E-state index in [1.165, 1.54) is 17.0 Å². The van der Waals surface area contributed by atoms with E-state index in [-0.39, 0.29) is 31.3 Å². The van der Waals surface area contributed by atoms with Gasteiger partial charge in [0.05, 0.1) is 6.61 Å². The highest BCUT2D eigenvalue weighted by molar-refractivity contribution is 5.94. The highest BCUT2D eigenvalue weighted by Crippen LogP contribution is 2.06. The number of carbonyl (C=O) groups excluding carboxylic acids is 2. The van der Waals surface area contributed by atoms with Gasteiger partial charge in [-0.1, -0.05) is 11.2 Å². The summed E-state index contributed by atoms with van der Waals surface area (Å²) in [5.74, 6) is -0.319. The van der Waals surface area contributed by atoms with Gasteiger partial charge in [-0.2, -0.15) is 0 Å². The third kappa shape index (κ3) is 3.73. The zero-order chi connectivity index (χ0) is 13.5. The normalized spacial score (nSPS) is 9.89. The Labute approximate surface area is 105 Å². The summed E-state index contributed by atoms with van der Waals surface area (Å²) < 4.78 is 9.63. The molecule has 98 valence electrons. The zero-order valence-electron chi connectivity index (χ0n) is 10.5. The number of aromatic nitrogens is 1. The molecule has 1 aromatic rings. The molecule has 1 heterocycles. The van der Waals surface area contributed by atoms with E-state index in [4.69, 9.17) is 9.26 Å². The average molecular weight is 252 g/mol. The first kappa shape index (κ1) is 14.0. The van der Waals surface area contributed by atoms with Crippen LogP contribution in [-0.4, -0.2) is 41.6 Å². The Bertz CT molecular complexity index is 439. The van der Waals surface area contributed by atoms with Crippen LogP contribution in [0, 0.1) is 6.92 Å². The Kier molecular flexibility index (Phi) is 5.10. The molecule has 0 N–H and O–H groups in total. The van der Waals surface area contributed by atoms with Crippen LogP contribution in [-0.2, 0) is 9.53 Å². The van der Waals surface area contributed by atoms with Gasteiger partial charge >= 0.3 is 5.97 Å². The van der Waals surface area contributed by atoms with Gasteiger partial charge in [0.2, 0.25) is 0 Å². The van der Waals surface area contributed by atoms with Crippen molar-refractivity contribution in [1.82, 2.24) is 10.1 Å². The standard InChI is InChI=1S/C12H16N2O4/c1-4-6-14(8-11(15)17-5-2)12(16)10-7-9(3)18-13-10/h4,7H,1,5-6,8H2,2-3H3. The first-order valence-corrected chi connectivity index (χ1v) is 5.57. The summed E-state index contributed by atoms with van der Waals surface area (Å²) in [5.41, 5.74) is 0.165. The number of carbonyl (C=O) groups is 2. The summed E-state index contributed by atoms with van der Waals surface area (Å²) in [4.78, 5) is 24.7. The second-order valence-electron chi connectivity index (χ2n) is 3.60. The molecule has 6 heteroatoms. The van der Waals surface area contributed by atoms with E-state index < -0.39 is 5.97 Å². The number of nitrogens with zero attached hydrogens (tertiary/aromatic N) is 2. The fourth-order valence-corrected chi connectivity index (χ4v) is 1.37. The summed E-state index contributed by atoms with van der Waals surface area (Å²) in [5, 5.41) is 3.62. The molecule has 0 spiro atoms. The maximum atomic E-state index is 12.0. The SMILES string of the molecule is C=CCN(CC(=O)OCC)C(=O)c1cc(C)on1. The van der Waals surface area contributed by atoms with Crippen LogP contribution in [0.5, 0.6) is 0 Å². The summed E-state index contributed by atoms with van der Waals surface area (Å²) in [7, 11) is 0. The minimum atomic E-state index is -0.465. The second-order valence-corrected chi connectivity index (χ2v) is 3.60. The molecule has 18 heavy (non-hydrogen) atoms. The quantitative estimate of drug-likeness (QED) is 0.561. The molecule has 0 aliphatic rings. The summed E-state index contributed by atoms with van der Waals surface area (Å²) >= 11 is 0. The molecular weight excluding hydrogens is 236 g/mol. The predicted molar refractivity (Wildman–Crippen MR) is 64.0 cm³/mol. The van der Waals surface area contributed by atoms with Gasteiger partial charge in [0.1, 0.15) is 12.3 Å². The van der Waals surface area contributed by atoms with Crippen LogP contribution >= 0.6 is 0 Å². The van der Waals surface area contributed by atoms with Crippen LogP contribution in [0.1, 0.15) is 23.2 Å². The minimum Gasteiger partial charge on any atom is -0.465 e. The first-order valence-electron chi connectivity index (χ1n) is 5.57. The highest BCUT2D eigenvalue weighted by Gasteiger charge is 2.21. The predicted octanol–water partition coefficient (Wildman–Crippen LogP) is 1.17. The van der Waals surface area contributed by atoms with Crippen molar-refractivity contribution in [3.63, 3.8) is 0 Å². The monoisotopic (exact) mass is 252 g/mol. The van der Waals surface area contributed by atoms with Gasteiger partial charge in [-0.3, -0.25) is 9.59 Å². The number of aryl methyl sites for hydroxylation is 1. The van der Waals surface area contributed by atoms with E-state index in [1.807, 2.05) is 0 Å². The zero-order valence-corrected chi connectivity index (χ0v) is 10.5. The van der Waals surface area contributed by atoms with Crippen molar-refractivity contribution in [2.24, 2.45) is 0 Å². The average Bonchev–Trinajstić information content (AvgIpc) is 2.75. The van der Waals surface area contributed by atoms with Crippen molar-refractivity contribution in [3.05, 3.63) is 30.2 Å². The lowest BCUT2D eigenvalue weighted by atomic mass is 10.3.